The quantitative estimate of drug-likeness (QED) is 0.729. The SMILES string of the molecule is Cc1cc(C)n2nc(S[C@@H]3CCO[C@H](c4ccncc4)C3)nc2n1. The molecule has 0 radical (unpaired) electrons. The van der Waals surface area contributed by atoms with E-state index in [0.29, 0.717) is 11.0 Å². The summed E-state index contributed by atoms with van der Waals surface area (Å²) in [6.07, 6.45) is 5.72. The lowest BCUT2D eigenvalue weighted by molar-refractivity contribution is 0.0178. The Morgan fingerprint density at radius 1 is 1.21 bits per heavy atom. The van der Waals surface area contributed by atoms with Crippen molar-refractivity contribution in [2.24, 2.45) is 0 Å². The molecule has 24 heavy (non-hydrogen) atoms. The van der Waals surface area contributed by atoms with Crippen LogP contribution in [0.5, 0.6) is 0 Å². The van der Waals surface area contributed by atoms with Crippen molar-refractivity contribution in [1.29, 1.82) is 0 Å². The number of hydrogen-bond acceptors (Lipinski definition) is 6. The van der Waals surface area contributed by atoms with Crippen LogP contribution in [0.4, 0.5) is 0 Å². The van der Waals surface area contributed by atoms with Crippen LogP contribution >= 0.6 is 11.8 Å². The summed E-state index contributed by atoms with van der Waals surface area (Å²) in [5.74, 6) is 0.674. The van der Waals surface area contributed by atoms with Crippen LogP contribution in [0.2, 0.25) is 0 Å². The lowest BCUT2D eigenvalue weighted by atomic mass is 10.0. The Labute approximate surface area is 144 Å². The van der Waals surface area contributed by atoms with E-state index in [4.69, 9.17) is 4.74 Å². The average molecular weight is 341 g/mol. The van der Waals surface area contributed by atoms with Crippen molar-refractivity contribution in [1.82, 2.24) is 24.6 Å². The molecule has 0 amide bonds. The van der Waals surface area contributed by atoms with Crippen LogP contribution in [0.1, 0.15) is 35.9 Å². The van der Waals surface area contributed by atoms with Gasteiger partial charge >= 0.3 is 0 Å². The second-order valence-corrected chi connectivity index (χ2v) is 7.32. The van der Waals surface area contributed by atoms with E-state index in [9.17, 15) is 0 Å². The molecule has 1 aliphatic heterocycles. The van der Waals surface area contributed by atoms with Crippen molar-refractivity contribution < 1.29 is 4.74 Å². The van der Waals surface area contributed by atoms with Crippen LogP contribution < -0.4 is 0 Å². The molecule has 3 aromatic heterocycles. The number of aromatic nitrogens is 5. The monoisotopic (exact) mass is 341 g/mol. The molecule has 1 aliphatic rings. The zero-order valence-corrected chi connectivity index (χ0v) is 14.5. The zero-order valence-electron chi connectivity index (χ0n) is 13.7. The van der Waals surface area contributed by atoms with Gasteiger partial charge in [0.1, 0.15) is 0 Å². The molecule has 4 heterocycles. The Hall–Kier alpha value is -1.99. The molecule has 3 aromatic rings. The van der Waals surface area contributed by atoms with Crippen molar-refractivity contribution in [3.8, 4) is 0 Å². The summed E-state index contributed by atoms with van der Waals surface area (Å²) in [6.45, 7) is 4.76. The van der Waals surface area contributed by atoms with Crippen LogP contribution in [0.3, 0.4) is 0 Å². The first-order chi connectivity index (χ1) is 11.7. The molecular weight excluding hydrogens is 322 g/mol. The summed E-state index contributed by atoms with van der Waals surface area (Å²) >= 11 is 1.72. The number of ether oxygens (including phenoxy) is 1. The van der Waals surface area contributed by atoms with Gasteiger partial charge in [-0.15, -0.1) is 5.10 Å². The first kappa shape index (κ1) is 15.5. The molecule has 0 spiro atoms. The highest BCUT2D eigenvalue weighted by Gasteiger charge is 2.26. The van der Waals surface area contributed by atoms with E-state index >= 15 is 0 Å². The van der Waals surface area contributed by atoms with Crippen LogP contribution in [0.15, 0.2) is 35.7 Å². The van der Waals surface area contributed by atoms with Gasteiger partial charge in [-0.1, -0.05) is 11.8 Å². The van der Waals surface area contributed by atoms with E-state index in [1.54, 1.807) is 11.8 Å². The summed E-state index contributed by atoms with van der Waals surface area (Å²) in [5.41, 5.74) is 3.21. The van der Waals surface area contributed by atoms with Crippen LogP contribution in [-0.4, -0.2) is 36.4 Å². The average Bonchev–Trinajstić information content (AvgIpc) is 2.98. The Bertz CT molecular complexity index is 851. The molecule has 1 fully saturated rings. The Morgan fingerprint density at radius 3 is 2.88 bits per heavy atom. The second kappa shape index (κ2) is 6.49. The van der Waals surface area contributed by atoms with Crippen LogP contribution in [0, 0.1) is 13.8 Å². The molecule has 4 rings (SSSR count). The van der Waals surface area contributed by atoms with Crippen molar-refractivity contribution >= 4 is 17.5 Å². The molecule has 0 aromatic carbocycles. The summed E-state index contributed by atoms with van der Waals surface area (Å²) in [6, 6.07) is 6.07. The normalized spacial score (nSPS) is 21.2. The molecule has 124 valence electrons. The number of fused-ring (bicyclic) bond motifs is 1. The van der Waals surface area contributed by atoms with Crippen molar-refractivity contribution in [2.45, 2.75) is 43.2 Å². The topological polar surface area (TPSA) is 65.2 Å². The standard InChI is InChI=1S/C17H19N5OS/c1-11-9-12(2)22-16(19-11)20-17(21-22)24-14-5-8-23-15(10-14)13-3-6-18-7-4-13/h3-4,6-7,9,14-15H,5,8,10H2,1-2H3/t14-,15+/m1/s1. The number of thioether (sulfide) groups is 1. The summed E-state index contributed by atoms with van der Waals surface area (Å²) < 4.78 is 7.74. The lowest BCUT2D eigenvalue weighted by Crippen LogP contribution is -2.21. The van der Waals surface area contributed by atoms with Crippen molar-refractivity contribution in [2.75, 3.05) is 6.61 Å². The largest absolute Gasteiger partial charge is 0.373 e. The lowest BCUT2D eigenvalue weighted by Gasteiger charge is -2.28. The summed E-state index contributed by atoms with van der Waals surface area (Å²) in [7, 11) is 0. The van der Waals surface area contributed by atoms with Gasteiger partial charge in [-0.2, -0.15) is 4.98 Å². The zero-order chi connectivity index (χ0) is 16.5. The number of pyridine rings is 1. The fraction of sp³-hybridized carbons (Fsp3) is 0.412. The number of nitrogens with zero attached hydrogens (tertiary/aromatic N) is 5. The maximum Gasteiger partial charge on any atom is 0.253 e. The Balaban J connectivity index is 1.52. The summed E-state index contributed by atoms with van der Waals surface area (Å²) in [4.78, 5) is 13.1. The van der Waals surface area contributed by atoms with Gasteiger partial charge in [-0.05, 0) is 50.5 Å². The fourth-order valence-corrected chi connectivity index (χ4v) is 4.08. The van der Waals surface area contributed by atoms with E-state index in [0.717, 1.165) is 36.0 Å². The molecule has 2 atom stereocenters. The maximum atomic E-state index is 5.93. The van der Waals surface area contributed by atoms with Gasteiger partial charge in [0.2, 0.25) is 5.16 Å². The third-order valence-corrected chi connectivity index (χ3v) is 5.33. The van der Waals surface area contributed by atoms with Crippen LogP contribution in [-0.2, 0) is 4.74 Å². The molecule has 0 saturated carbocycles. The minimum Gasteiger partial charge on any atom is -0.373 e. The maximum absolute atomic E-state index is 5.93. The molecule has 6 nitrogen and oxygen atoms in total. The Morgan fingerprint density at radius 2 is 2.04 bits per heavy atom. The first-order valence-corrected chi connectivity index (χ1v) is 8.96. The number of hydrogen-bond donors (Lipinski definition) is 0. The van der Waals surface area contributed by atoms with E-state index in [1.165, 1.54) is 5.56 Å². The van der Waals surface area contributed by atoms with E-state index in [-0.39, 0.29) is 6.10 Å². The molecule has 1 saturated heterocycles. The van der Waals surface area contributed by atoms with Crippen molar-refractivity contribution in [3.63, 3.8) is 0 Å². The van der Waals surface area contributed by atoms with Gasteiger partial charge in [0.15, 0.2) is 0 Å². The minimum absolute atomic E-state index is 0.124. The molecular formula is C17H19N5OS. The predicted octanol–water partition coefficient (Wildman–Crippen LogP) is 3.15. The minimum atomic E-state index is 0.124. The third kappa shape index (κ3) is 3.14. The van der Waals surface area contributed by atoms with Crippen molar-refractivity contribution in [3.05, 3.63) is 47.5 Å². The Kier molecular flexibility index (Phi) is 4.20. The first-order valence-electron chi connectivity index (χ1n) is 8.08. The highest BCUT2D eigenvalue weighted by molar-refractivity contribution is 7.99. The third-order valence-electron chi connectivity index (χ3n) is 4.18. The van der Waals surface area contributed by atoms with Gasteiger partial charge in [-0.3, -0.25) is 4.98 Å². The van der Waals surface area contributed by atoms with E-state index in [2.05, 4.69) is 20.1 Å². The smallest absolute Gasteiger partial charge is 0.253 e. The second-order valence-electron chi connectivity index (χ2n) is 6.05. The fourth-order valence-electron chi connectivity index (χ4n) is 3.03. The van der Waals surface area contributed by atoms with Gasteiger partial charge in [0, 0.05) is 35.6 Å². The summed E-state index contributed by atoms with van der Waals surface area (Å²) in [5, 5.41) is 5.83. The molecule has 7 heteroatoms. The number of aryl methyl sites for hydroxylation is 2. The molecule has 0 unspecified atom stereocenters. The van der Waals surface area contributed by atoms with Crippen LogP contribution in [0.25, 0.3) is 5.78 Å². The molecule has 0 N–H and O–H groups in total. The predicted molar refractivity (Wildman–Crippen MR) is 92.1 cm³/mol. The highest BCUT2D eigenvalue weighted by Crippen LogP contribution is 2.36. The van der Waals surface area contributed by atoms with E-state index in [1.807, 2.05) is 49.0 Å². The van der Waals surface area contributed by atoms with Gasteiger partial charge < -0.3 is 4.74 Å². The molecule has 0 bridgehead atoms. The van der Waals surface area contributed by atoms with Gasteiger partial charge in [-0.25, -0.2) is 9.50 Å². The highest BCUT2D eigenvalue weighted by atomic mass is 32.2. The number of rotatable bonds is 3. The molecule has 0 aliphatic carbocycles. The van der Waals surface area contributed by atoms with E-state index < -0.39 is 0 Å². The van der Waals surface area contributed by atoms with Gasteiger partial charge in [0.05, 0.1) is 6.10 Å². The van der Waals surface area contributed by atoms with Gasteiger partial charge in [0.25, 0.3) is 5.78 Å².